The first kappa shape index (κ1) is 19.1. The third-order valence-electron chi connectivity index (χ3n) is 3.36. The fourth-order valence-electron chi connectivity index (χ4n) is 2.01. The number of hydrogen-bond acceptors (Lipinski definition) is 6. The lowest BCUT2D eigenvalue weighted by atomic mass is 9.99. The van der Waals surface area contributed by atoms with Gasteiger partial charge >= 0.3 is 6.18 Å². The molecule has 1 amide bonds. The van der Waals surface area contributed by atoms with Crippen LogP contribution in [-0.4, -0.2) is 34.3 Å². The number of hydrogen-bond donors (Lipinski definition) is 2. The van der Waals surface area contributed by atoms with E-state index in [0.717, 1.165) is 0 Å². The number of aliphatic hydroxyl groups is 1. The van der Waals surface area contributed by atoms with Gasteiger partial charge in [-0.25, -0.2) is 9.97 Å². The Kier molecular flexibility index (Phi) is 5.63. The van der Waals surface area contributed by atoms with Crippen molar-refractivity contribution in [2.24, 2.45) is 0 Å². The molecule has 0 unspecified atom stereocenters. The Morgan fingerprint density at radius 1 is 1.44 bits per heavy atom. The van der Waals surface area contributed by atoms with Gasteiger partial charge in [0.25, 0.3) is 0 Å². The van der Waals surface area contributed by atoms with Gasteiger partial charge in [-0.15, -0.1) is 11.3 Å². The first-order valence-electron chi connectivity index (χ1n) is 7.13. The number of carbonyl (C=O) groups is 1. The molecule has 2 aromatic rings. The minimum Gasteiger partial charge on any atom is -0.481 e. The minimum absolute atomic E-state index is 0.0253. The van der Waals surface area contributed by atoms with E-state index in [1.807, 2.05) is 0 Å². The highest BCUT2D eigenvalue weighted by Crippen LogP contribution is 2.42. The molecular formula is C15H16F3N3O3S. The Labute approximate surface area is 145 Å². The fourth-order valence-corrected chi connectivity index (χ4v) is 2.92. The van der Waals surface area contributed by atoms with Gasteiger partial charge in [-0.1, -0.05) is 0 Å². The van der Waals surface area contributed by atoms with Crippen molar-refractivity contribution < 1.29 is 27.8 Å². The average Bonchev–Trinajstić information content (AvgIpc) is 2.99. The van der Waals surface area contributed by atoms with Crippen molar-refractivity contribution in [1.29, 1.82) is 0 Å². The van der Waals surface area contributed by atoms with Crippen molar-refractivity contribution >= 4 is 17.2 Å². The summed E-state index contributed by atoms with van der Waals surface area (Å²) in [5, 5.41) is 13.3. The number of aromatic nitrogens is 2. The molecule has 1 atom stereocenters. The Balaban J connectivity index is 2.09. The van der Waals surface area contributed by atoms with Crippen molar-refractivity contribution in [3.63, 3.8) is 0 Å². The number of rotatable bonds is 6. The lowest BCUT2D eigenvalue weighted by Gasteiger charge is -2.27. The van der Waals surface area contributed by atoms with Gasteiger partial charge in [0.05, 0.1) is 13.5 Å². The number of alkyl halides is 3. The fraction of sp³-hybridized carbons (Fsp3) is 0.400. The molecule has 0 saturated carbocycles. The van der Waals surface area contributed by atoms with Gasteiger partial charge in [0.15, 0.2) is 0 Å². The summed E-state index contributed by atoms with van der Waals surface area (Å²) in [4.78, 5) is 19.5. The summed E-state index contributed by atoms with van der Waals surface area (Å²) in [6, 6.07) is 3.13. The Morgan fingerprint density at radius 3 is 2.72 bits per heavy atom. The van der Waals surface area contributed by atoms with E-state index in [0.29, 0.717) is 28.5 Å². The minimum atomic E-state index is -5.03. The normalized spacial score (nSPS) is 14.0. The number of aryl methyl sites for hydroxylation is 1. The molecule has 2 heterocycles. The SMILES string of the molecule is COc1cc(CNC(=O)C[C@@](O)(c2nc(C)cs2)C(F)(F)F)ccn1. The number of thiazole rings is 1. The second kappa shape index (κ2) is 7.36. The van der Waals surface area contributed by atoms with Gasteiger partial charge in [-0.3, -0.25) is 4.79 Å². The molecule has 2 rings (SSSR count). The van der Waals surface area contributed by atoms with Crippen LogP contribution in [0, 0.1) is 6.92 Å². The van der Waals surface area contributed by atoms with E-state index >= 15 is 0 Å². The van der Waals surface area contributed by atoms with Crippen LogP contribution in [0.2, 0.25) is 0 Å². The van der Waals surface area contributed by atoms with Gasteiger partial charge in [-0.2, -0.15) is 13.2 Å². The van der Waals surface area contributed by atoms with E-state index in [2.05, 4.69) is 15.3 Å². The molecule has 0 aromatic carbocycles. The van der Waals surface area contributed by atoms with Crippen LogP contribution in [0.4, 0.5) is 13.2 Å². The topological polar surface area (TPSA) is 84.3 Å². The zero-order valence-electron chi connectivity index (χ0n) is 13.4. The number of nitrogens with one attached hydrogen (secondary N) is 1. The monoisotopic (exact) mass is 375 g/mol. The van der Waals surface area contributed by atoms with Crippen LogP contribution in [0.5, 0.6) is 5.88 Å². The summed E-state index contributed by atoms with van der Waals surface area (Å²) >= 11 is 0.659. The average molecular weight is 375 g/mol. The first-order valence-corrected chi connectivity index (χ1v) is 8.01. The number of nitrogens with zero attached hydrogens (tertiary/aromatic N) is 2. The third-order valence-corrected chi connectivity index (χ3v) is 4.47. The first-order chi connectivity index (χ1) is 11.7. The zero-order valence-corrected chi connectivity index (χ0v) is 14.2. The molecule has 2 aromatic heterocycles. The van der Waals surface area contributed by atoms with E-state index in [9.17, 15) is 23.1 Å². The molecule has 0 aliphatic carbocycles. The summed E-state index contributed by atoms with van der Waals surface area (Å²) in [6.45, 7) is 1.48. The van der Waals surface area contributed by atoms with Gasteiger partial charge in [0.1, 0.15) is 5.01 Å². The van der Waals surface area contributed by atoms with Crippen molar-refractivity contribution in [3.05, 3.63) is 40.0 Å². The lowest BCUT2D eigenvalue weighted by Crippen LogP contribution is -2.46. The highest BCUT2D eigenvalue weighted by molar-refractivity contribution is 7.09. The smallest absolute Gasteiger partial charge is 0.424 e. The molecule has 0 bridgehead atoms. The predicted octanol–water partition coefficient (Wildman–Crippen LogP) is 2.31. The van der Waals surface area contributed by atoms with Crippen LogP contribution in [-0.2, 0) is 16.9 Å². The number of amides is 1. The summed E-state index contributed by atoms with van der Waals surface area (Å²) < 4.78 is 44.9. The molecular weight excluding hydrogens is 359 g/mol. The lowest BCUT2D eigenvalue weighted by molar-refractivity contribution is -0.267. The number of methoxy groups -OCH3 is 1. The Morgan fingerprint density at radius 2 is 2.16 bits per heavy atom. The highest BCUT2D eigenvalue weighted by Gasteiger charge is 2.58. The molecule has 0 saturated heterocycles. The molecule has 0 aliphatic heterocycles. The van der Waals surface area contributed by atoms with E-state index in [1.165, 1.54) is 25.6 Å². The third kappa shape index (κ3) is 4.45. The van der Waals surface area contributed by atoms with Crippen molar-refractivity contribution in [1.82, 2.24) is 15.3 Å². The number of carbonyl (C=O) groups excluding carboxylic acids is 1. The number of ether oxygens (including phenoxy) is 1. The van der Waals surface area contributed by atoms with Crippen LogP contribution in [0.1, 0.15) is 22.7 Å². The zero-order chi connectivity index (χ0) is 18.7. The number of halogens is 3. The summed E-state index contributed by atoms with van der Waals surface area (Å²) in [5.74, 6) is -0.639. The molecule has 0 aliphatic rings. The number of pyridine rings is 1. The molecule has 0 fully saturated rings. The van der Waals surface area contributed by atoms with Crippen LogP contribution in [0.25, 0.3) is 0 Å². The standard InChI is InChI=1S/C15H16F3N3O3S/c1-9-8-25-13(21-9)14(23,15(16,17)18)6-11(22)20-7-10-3-4-19-12(5-10)24-2/h3-5,8,23H,6-7H2,1-2H3,(H,20,22)/t14-/m1/s1. The molecule has 0 radical (unpaired) electrons. The molecule has 6 nitrogen and oxygen atoms in total. The summed E-state index contributed by atoms with van der Waals surface area (Å²) in [7, 11) is 1.42. The molecule has 0 spiro atoms. The molecule has 10 heteroatoms. The van der Waals surface area contributed by atoms with Crippen LogP contribution >= 0.6 is 11.3 Å². The van der Waals surface area contributed by atoms with E-state index < -0.39 is 29.1 Å². The quantitative estimate of drug-likeness (QED) is 0.810. The van der Waals surface area contributed by atoms with E-state index in [4.69, 9.17) is 4.74 Å². The highest BCUT2D eigenvalue weighted by atomic mass is 32.1. The maximum absolute atomic E-state index is 13.3. The van der Waals surface area contributed by atoms with Crippen molar-refractivity contribution in [3.8, 4) is 5.88 Å². The Bertz CT molecular complexity index is 751. The maximum atomic E-state index is 13.3. The second-order valence-electron chi connectivity index (χ2n) is 5.31. The molecule has 25 heavy (non-hydrogen) atoms. The second-order valence-corrected chi connectivity index (χ2v) is 6.17. The van der Waals surface area contributed by atoms with Crippen molar-refractivity contribution in [2.45, 2.75) is 31.7 Å². The van der Waals surface area contributed by atoms with Crippen LogP contribution in [0.15, 0.2) is 23.7 Å². The van der Waals surface area contributed by atoms with Gasteiger partial charge in [0.2, 0.25) is 17.4 Å². The van der Waals surface area contributed by atoms with Crippen LogP contribution < -0.4 is 10.1 Å². The predicted molar refractivity (Wildman–Crippen MR) is 84.1 cm³/mol. The van der Waals surface area contributed by atoms with Gasteiger partial charge < -0.3 is 15.2 Å². The summed E-state index contributed by atoms with van der Waals surface area (Å²) in [5.41, 5.74) is -2.39. The largest absolute Gasteiger partial charge is 0.481 e. The maximum Gasteiger partial charge on any atom is 0.424 e. The van der Waals surface area contributed by atoms with Gasteiger partial charge in [0, 0.05) is 29.9 Å². The molecule has 136 valence electrons. The summed E-state index contributed by atoms with van der Waals surface area (Å²) in [6.07, 6.45) is -4.76. The van der Waals surface area contributed by atoms with E-state index in [1.54, 1.807) is 12.1 Å². The van der Waals surface area contributed by atoms with E-state index in [-0.39, 0.29) is 6.54 Å². The van der Waals surface area contributed by atoms with Crippen molar-refractivity contribution in [2.75, 3.05) is 7.11 Å². The molecule has 2 N–H and O–H groups in total. The van der Waals surface area contributed by atoms with Gasteiger partial charge in [-0.05, 0) is 18.6 Å². The van der Waals surface area contributed by atoms with Crippen LogP contribution in [0.3, 0.4) is 0 Å². The Hall–Kier alpha value is -2.20.